The molecule has 3 aliphatic rings. The van der Waals surface area contributed by atoms with E-state index in [1.54, 1.807) is 4.68 Å². The van der Waals surface area contributed by atoms with Crippen LogP contribution in [0.2, 0.25) is 0 Å². The summed E-state index contributed by atoms with van der Waals surface area (Å²) in [6.07, 6.45) is 7.72. The van der Waals surface area contributed by atoms with Crippen LogP contribution in [0.25, 0.3) is 11.1 Å². The smallest absolute Gasteiger partial charge is 0.257 e. The molecule has 0 spiro atoms. The van der Waals surface area contributed by atoms with Crippen LogP contribution in [0, 0.1) is 0 Å². The van der Waals surface area contributed by atoms with Gasteiger partial charge < -0.3 is 9.64 Å². The van der Waals surface area contributed by atoms with Gasteiger partial charge in [0.15, 0.2) is 0 Å². The van der Waals surface area contributed by atoms with E-state index in [0.29, 0.717) is 17.4 Å². The summed E-state index contributed by atoms with van der Waals surface area (Å²) >= 11 is 0. The fraction of sp³-hybridized carbons (Fsp3) is 0.500. The van der Waals surface area contributed by atoms with E-state index < -0.39 is 0 Å². The molecule has 0 unspecified atom stereocenters. The minimum Gasteiger partial charge on any atom is -0.486 e. The van der Waals surface area contributed by atoms with Crippen molar-refractivity contribution >= 4 is 5.91 Å². The van der Waals surface area contributed by atoms with E-state index in [4.69, 9.17) is 4.74 Å². The molecule has 136 valence electrons. The van der Waals surface area contributed by atoms with Crippen LogP contribution in [0.5, 0.6) is 5.75 Å². The molecule has 6 nitrogen and oxygen atoms in total. The average Bonchev–Trinajstić information content (AvgIpc) is 3.16. The van der Waals surface area contributed by atoms with Crippen molar-refractivity contribution in [2.75, 3.05) is 20.1 Å². The third kappa shape index (κ3) is 2.43. The van der Waals surface area contributed by atoms with Crippen LogP contribution < -0.4 is 4.74 Å². The van der Waals surface area contributed by atoms with Gasteiger partial charge in [0, 0.05) is 45.0 Å². The zero-order valence-corrected chi connectivity index (χ0v) is 15.3. The lowest BCUT2D eigenvalue weighted by Crippen LogP contribution is -2.44. The summed E-state index contributed by atoms with van der Waals surface area (Å²) in [5.74, 6) is 0.756. The van der Waals surface area contributed by atoms with Crippen LogP contribution in [0.4, 0.5) is 0 Å². The molecule has 2 fully saturated rings. The number of hydrogen-bond donors (Lipinski definition) is 0. The molecule has 2 atom stereocenters. The summed E-state index contributed by atoms with van der Waals surface area (Å²) in [4.78, 5) is 17.4. The number of carbonyl (C=O) groups is 1. The Bertz CT molecular complexity index is 857. The van der Waals surface area contributed by atoms with E-state index in [1.165, 1.54) is 19.3 Å². The Morgan fingerprint density at radius 3 is 2.69 bits per heavy atom. The monoisotopic (exact) mass is 352 g/mol. The zero-order chi connectivity index (χ0) is 17.8. The predicted octanol–water partition coefficient (Wildman–Crippen LogP) is 2.16. The van der Waals surface area contributed by atoms with Crippen molar-refractivity contribution in [3.05, 3.63) is 36.2 Å². The number of benzene rings is 1. The summed E-state index contributed by atoms with van der Waals surface area (Å²) in [7, 11) is 3.82. The highest BCUT2D eigenvalue weighted by Gasteiger charge is 2.44. The molecule has 0 N–H and O–H groups in total. The predicted molar refractivity (Wildman–Crippen MR) is 98.2 cm³/mol. The summed E-state index contributed by atoms with van der Waals surface area (Å²) in [5, 5.41) is 4.24. The summed E-state index contributed by atoms with van der Waals surface area (Å²) < 4.78 is 8.19. The number of carbonyl (C=O) groups excluding carboxylic acids is 1. The largest absolute Gasteiger partial charge is 0.486 e. The Kier molecular flexibility index (Phi) is 3.57. The maximum atomic E-state index is 13.0. The number of amides is 1. The molecule has 1 aromatic heterocycles. The molecule has 5 rings (SSSR count). The van der Waals surface area contributed by atoms with Gasteiger partial charge in [0.2, 0.25) is 0 Å². The molecule has 0 radical (unpaired) electrons. The molecule has 1 saturated carbocycles. The standard InChI is InChI=1S/C20H24N4O2/c1-22-10-14(9-21-22)13-6-7-16-18(8-13)26-19-12-24(15-4-3-5-15)11-17(19)23(2)20(16)25/h6-10,15,17,19H,3-5,11-12H2,1-2H3/t17-,19+/m1/s1. The molecular weight excluding hydrogens is 328 g/mol. The Balaban J connectivity index is 1.48. The van der Waals surface area contributed by atoms with Crippen molar-refractivity contribution in [2.24, 2.45) is 7.05 Å². The molecule has 0 bridgehead atoms. The fourth-order valence-electron chi connectivity index (χ4n) is 4.37. The number of aromatic nitrogens is 2. The molecule has 26 heavy (non-hydrogen) atoms. The van der Waals surface area contributed by atoms with Gasteiger partial charge in [-0.1, -0.05) is 12.5 Å². The van der Waals surface area contributed by atoms with Crippen molar-refractivity contribution in [1.29, 1.82) is 0 Å². The minimum atomic E-state index is 0.0370. The van der Waals surface area contributed by atoms with Crippen molar-refractivity contribution in [1.82, 2.24) is 19.6 Å². The number of aryl methyl sites for hydroxylation is 1. The fourth-order valence-corrected chi connectivity index (χ4v) is 4.37. The summed E-state index contributed by atoms with van der Waals surface area (Å²) in [6, 6.07) is 6.66. The first-order chi connectivity index (χ1) is 12.6. The Morgan fingerprint density at radius 1 is 1.15 bits per heavy atom. The van der Waals surface area contributed by atoms with Crippen LogP contribution in [-0.4, -0.2) is 63.8 Å². The first-order valence-corrected chi connectivity index (χ1v) is 9.41. The van der Waals surface area contributed by atoms with Crippen LogP contribution in [0.3, 0.4) is 0 Å². The van der Waals surface area contributed by atoms with E-state index in [2.05, 4.69) is 10.00 Å². The van der Waals surface area contributed by atoms with Crippen LogP contribution in [0.15, 0.2) is 30.6 Å². The molecule has 2 aromatic rings. The quantitative estimate of drug-likeness (QED) is 0.831. The van der Waals surface area contributed by atoms with Gasteiger partial charge in [0.05, 0.1) is 17.8 Å². The number of nitrogens with zero attached hydrogens (tertiary/aromatic N) is 4. The lowest BCUT2D eigenvalue weighted by Gasteiger charge is -2.35. The third-order valence-corrected chi connectivity index (χ3v) is 6.20. The molecule has 2 aliphatic heterocycles. The molecule has 3 heterocycles. The molecular formula is C20H24N4O2. The highest BCUT2D eigenvalue weighted by atomic mass is 16.5. The normalized spacial score (nSPS) is 26.1. The van der Waals surface area contributed by atoms with Gasteiger partial charge in [-0.15, -0.1) is 0 Å². The van der Waals surface area contributed by atoms with E-state index in [1.807, 2.05) is 49.6 Å². The third-order valence-electron chi connectivity index (χ3n) is 6.20. The van der Waals surface area contributed by atoms with Crippen molar-refractivity contribution in [3.8, 4) is 16.9 Å². The van der Waals surface area contributed by atoms with Crippen LogP contribution >= 0.6 is 0 Å². The second-order valence-corrected chi connectivity index (χ2v) is 7.79. The second kappa shape index (κ2) is 5.84. The number of rotatable bonds is 2. The first kappa shape index (κ1) is 15.9. The minimum absolute atomic E-state index is 0.0370. The topological polar surface area (TPSA) is 50.6 Å². The summed E-state index contributed by atoms with van der Waals surface area (Å²) in [6.45, 7) is 1.82. The highest BCUT2D eigenvalue weighted by Crippen LogP contribution is 2.36. The highest BCUT2D eigenvalue weighted by molar-refractivity contribution is 5.98. The van der Waals surface area contributed by atoms with Gasteiger partial charge >= 0.3 is 0 Å². The van der Waals surface area contributed by atoms with Gasteiger partial charge in [-0.2, -0.15) is 5.10 Å². The van der Waals surface area contributed by atoms with E-state index in [-0.39, 0.29) is 18.1 Å². The molecule has 1 saturated heterocycles. The molecule has 1 amide bonds. The Labute approximate surface area is 153 Å². The first-order valence-electron chi connectivity index (χ1n) is 9.41. The molecule has 1 aliphatic carbocycles. The van der Waals surface area contributed by atoms with E-state index in [0.717, 1.165) is 24.2 Å². The van der Waals surface area contributed by atoms with Gasteiger partial charge in [-0.25, -0.2) is 0 Å². The number of fused-ring (bicyclic) bond motifs is 2. The average molecular weight is 352 g/mol. The van der Waals surface area contributed by atoms with Crippen molar-refractivity contribution < 1.29 is 9.53 Å². The SMILES string of the molecule is CN1C(=O)c2ccc(-c3cnn(C)c3)cc2O[C@H]2CN(C3CCC3)C[C@H]21. The Hall–Kier alpha value is -2.34. The van der Waals surface area contributed by atoms with Gasteiger partial charge in [0.25, 0.3) is 5.91 Å². The lowest BCUT2D eigenvalue weighted by molar-refractivity contribution is 0.0679. The van der Waals surface area contributed by atoms with Crippen molar-refractivity contribution in [3.63, 3.8) is 0 Å². The van der Waals surface area contributed by atoms with Crippen molar-refractivity contribution in [2.45, 2.75) is 37.5 Å². The number of likely N-dealkylation sites (N-methyl/N-ethyl adjacent to an activating group) is 1. The lowest BCUT2D eigenvalue weighted by atomic mass is 9.92. The number of likely N-dealkylation sites (tertiary alicyclic amines) is 1. The maximum absolute atomic E-state index is 13.0. The second-order valence-electron chi connectivity index (χ2n) is 7.79. The van der Waals surface area contributed by atoms with E-state index >= 15 is 0 Å². The Morgan fingerprint density at radius 2 is 2.00 bits per heavy atom. The maximum Gasteiger partial charge on any atom is 0.257 e. The summed E-state index contributed by atoms with van der Waals surface area (Å²) in [5.41, 5.74) is 2.72. The van der Waals surface area contributed by atoms with Gasteiger partial charge in [0.1, 0.15) is 11.9 Å². The van der Waals surface area contributed by atoms with E-state index in [9.17, 15) is 4.79 Å². The van der Waals surface area contributed by atoms with Gasteiger partial charge in [-0.3, -0.25) is 14.4 Å². The molecule has 1 aromatic carbocycles. The zero-order valence-electron chi connectivity index (χ0n) is 15.3. The molecule has 6 heteroatoms. The van der Waals surface area contributed by atoms with Crippen LogP contribution in [-0.2, 0) is 7.05 Å². The number of hydrogen-bond acceptors (Lipinski definition) is 4. The van der Waals surface area contributed by atoms with Gasteiger partial charge in [-0.05, 0) is 30.5 Å². The number of ether oxygens (including phenoxy) is 1. The van der Waals surface area contributed by atoms with Crippen LogP contribution in [0.1, 0.15) is 29.6 Å².